The van der Waals surface area contributed by atoms with Gasteiger partial charge < -0.3 is 10.1 Å². The van der Waals surface area contributed by atoms with Crippen LogP contribution in [0.1, 0.15) is 18.9 Å². The number of rotatable bonds is 5. The molecule has 21 heavy (non-hydrogen) atoms. The summed E-state index contributed by atoms with van der Waals surface area (Å²) in [6.07, 6.45) is 0.858. The number of amides is 2. The molecule has 0 aliphatic heterocycles. The number of hydrogen-bond acceptors (Lipinski definition) is 5. The fraction of sp³-hybridized carbons (Fsp3) is 0.357. The van der Waals surface area contributed by atoms with E-state index in [-0.39, 0.29) is 6.03 Å². The second kappa shape index (κ2) is 7.03. The lowest BCUT2D eigenvalue weighted by Gasteiger charge is -2.06. The van der Waals surface area contributed by atoms with Crippen molar-refractivity contribution < 1.29 is 9.53 Å². The van der Waals surface area contributed by atoms with Crippen LogP contribution in [-0.4, -0.2) is 23.3 Å². The van der Waals surface area contributed by atoms with Crippen molar-refractivity contribution in [2.45, 2.75) is 20.3 Å². The number of hydrogen-bond donors (Lipinski definition) is 2. The first-order valence-corrected chi connectivity index (χ1v) is 7.43. The van der Waals surface area contributed by atoms with Crippen LogP contribution in [0.4, 0.5) is 15.6 Å². The molecule has 0 spiro atoms. The van der Waals surface area contributed by atoms with Crippen LogP contribution >= 0.6 is 11.3 Å². The maximum absolute atomic E-state index is 11.9. The zero-order valence-corrected chi connectivity index (χ0v) is 13.0. The average Bonchev–Trinajstić information content (AvgIpc) is 2.85. The third kappa shape index (κ3) is 4.71. The number of anilines is 2. The van der Waals surface area contributed by atoms with Gasteiger partial charge in [0.15, 0.2) is 0 Å². The number of nitrogens with one attached hydrogen (secondary N) is 2. The van der Waals surface area contributed by atoms with Crippen LogP contribution in [0.3, 0.4) is 0 Å². The monoisotopic (exact) mass is 306 g/mol. The van der Waals surface area contributed by atoms with Crippen molar-refractivity contribution in [3.8, 4) is 5.75 Å². The number of urea groups is 1. The summed E-state index contributed by atoms with van der Waals surface area (Å²) < 4.78 is 5.10. The Morgan fingerprint density at radius 1 is 1.33 bits per heavy atom. The third-order valence-electron chi connectivity index (χ3n) is 2.60. The Labute approximate surface area is 127 Å². The van der Waals surface area contributed by atoms with E-state index in [1.807, 2.05) is 6.07 Å². The van der Waals surface area contributed by atoms with Gasteiger partial charge in [-0.25, -0.2) is 4.79 Å². The fourth-order valence-corrected chi connectivity index (χ4v) is 2.64. The van der Waals surface area contributed by atoms with E-state index in [0.29, 0.717) is 22.5 Å². The summed E-state index contributed by atoms with van der Waals surface area (Å²) in [5.74, 6) is 1.19. The minimum absolute atomic E-state index is 0.351. The predicted octanol–water partition coefficient (Wildman–Crippen LogP) is 3.39. The molecule has 0 bridgehead atoms. The van der Waals surface area contributed by atoms with Gasteiger partial charge in [0.25, 0.3) is 0 Å². The van der Waals surface area contributed by atoms with Crippen molar-refractivity contribution in [1.82, 2.24) is 10.2 Å². The Morgan fingerprint density at radius 2 is 2.14 bits per heavy atom. The van der Waals surface area contributed by atoms with E-state index < -0.39 is 0 Å². The van der Waals surface area contributed by atoms with Gasteiger partial charge in [0.2, 0.25) is 5.13 Å². The standard InChI is InChI=1S/C14H18N4O2S/c1-9(2)7-12-17-18-14(21-12)16-13(19)15-10-5-4-6-11(8-10)20-3/h4-6,8-9H,7H2,1-3H3,(H2,15,16,18,19). The Balaban J connectivity index is 1.93. The summed E-state index contributed by atoms with van der Waals surface area (Å²) in [7, 11) is 1.58. The average molecular weight is 306 g/mol. The van der Waals surface area contributed by atoms with E-state index in [1.165, 1.54) is 11.3 Å². The molecule has 0 aliphatic rings. The van der Waals surface area contributed by atoms with Crippen molar-refractivity contribution in [3.63, 3.8) is 0 Å². The number of carbonyl (C=O) groups excluding carboxylic acids is 1. The molecular weight excluding hydrogens is 288 g/mol. The molecule has 0 saturated carbocycles. The normalized spacial score (nSPS) is 10.5. The van der Waals surface area contributed by atoms with E-state index >= 15 is 0 Å². The number of aromatic nitrogens is 2. The quantitative estimate of drug-likeness (QED) is 0.887. The SMILES string of the molecule is COc1cccc(NC(=O)Nc2nnc(CC(C)C)s2)c1. The largest absolute Gasteiger partial charge is 0.497 e. The van der Waals surface area contributed by atoms with E-state index in [0.717, 1.165) is 11.4 Å². The molecule has 0 unspecified atom stereocenters. The number of carbonyl (C=O) groups is 1. The lowest BCUT2D eigenvalue weighted by molar-refractivity contribution is 0.262. The summed E-state index contributed by atoms with van der Waals surface area (Å²) in [6.45, 7) is 4.23. The molecule has 6 nitrogen and oxygen atoms in total. The minimum atomic E-state index is -0.351. The molecule has 0 radical (unpaired) electrons. The minimum Gasteiger partial charge on any atom is -0.497 e. The zero-order valence-electron chi connectivity index (χ0n) is 12.2. The van der Waals surface area contributed by atoms with Crippen LogP contribution in [0.25, 0.3) is 0 Å². The molecule has 1 aromatic heterocycles. The Bertz CT molecular complexity index is 613. The number of methoxy groups -OCH3 is 1. The summed E-state index contributed by atoms with van der Waals surface area (Å²) in [5, 5.41) is 14.8. The van der Waals surface area contributed by atoms with Crippen LogP contribution in [0.5, 0.6) is 5.75 Å². The summed E-state index contributed by atoms with van der Waals surface area (Å²) >= 11 is 1.39. The highest BCUT2D eigenvalue weighted by atomic mass is 32.1. The van der Waals surface area contributed by atoms with Gasteiger partial charge in [-0.1, -0.05) is 31.3 Å². The fourth-order valence-electron chi connectivity index (χ4n) is 1.70. The van der Waals surface area contributed by atoms with Gasteiger partial charge in [0.1, 0.15) is 10.8 Å². The molecule has 2 amide bonds. The van der Waals surface area contributed by atoms with Gasteiger partial charge in [-0.15, -0.1) is 10.2 Å². The van der Waals surface area contributed by atoms with Crippen molar-refractivity contribution in [2.24, 2.45) is 5.92 Å². The first-order valence-electron chi connectivity index (χ1n) is 6.61. The number of benzene rings is 1. The van der Waals surface area contributed by atoms with Crippen molar-refractivity contribution in [3.05, 3.63) is 29.3 Å². The van der Waals surface area contributed by atoms with Crippen LogP contribution < -0.4 is 15.4 Å². The Kier molecular flexibility index (Phi) is 5.10. The molecule has 2 N–H and O–H groups in total. The highest BCUT2D eigenvalue weighted by Crippen LogP contribution is 2.20. The molecule has 1 aromatic carbocycles. The van der Waals surface area contributed by atoms with E-state index in [4.69, 9.17) is 4.74 Å². The topological polar surface area (TPSA) is 76.1 Å². The van der Waals surface area contributed by atoms with E-state index in [1.54, 1.807) is 25.3 Å². The molecule has 2 rings (SSSR count). The molecule has 0 saturated heterocycles. The zero-order chi connectivity index (χ0) is 15.2. The highest BCUT2D eigenvalue weighted by molar-refractivity contribution is 7.15. The molecule has 112 valence electrons. The number of nitrogens with zero attached hydrogens (tertiary/aromatic N) is 2. The lowest BCUT2D eigenvalue weighted by atomic mass is 10.1. The maximum atomic E-state index is 11.9. The second-order valence-electron chi connectivity index (χ2n) is 4.91. The van der Waals surface area contributed by atoms with Crippen molar-refractivity contribution in [2.75, 3.05) is 17.7 Å². The first-order chi connectivity index (χ1) is 10.1. The van der Waals surface area contributed by atoms with Crippen molar-refractivity contribution >= 4 is 28.2 Å². The number of ether oxygens (including phenoxy) is 1. The lowest BCUT2D eigenvalue weighted by Crippen LogP contribution is -2.19. The Hall–Kier alpha value is -2.15. The molecule has 2 aromatic rings. The second-order valence-corrected chi connectivity index (χ2v) is 5.97. The summed E-state index contributed by atoms with van der Waals surface area (Å²) in [5.41, 5.74) is 0.652. The van der Waals surface area contributed by atoms with Gasteiger partial charge in [-0.3, -0.25) is 5.32 Å². The maximum Gasteiger partial charge on any atom is 0.325 e. The highest BCUT2D eigenvalue weighted by Gasteiger charge is 2.09. The van der Waals surface area contributed by atoms with E-state index in [2.05, 4.69) is 34.7 Å². The smallest absolute Gasteiger partial charge is 0.325 e. The molecule has 7 heteroatoms. The van der Waals surface area contributed by atoms with Gasteiger partial charge in [0.05, 0.1) is 7.11 Å². The van der Waals surface area contributed by atoms with Gasteiger partial charge in [-0.05, 0) is 18.1 Å². The van der Waals surface area contributed by atoms with Gasteiger partial charge in [-0.2, -0.15) is 0 Å². The predicted molar refractivity (Wildman–Crippen MR) is 84.1 cm³/mol. The van der Waals surface area contributed by atoms with Gasteiger partial charge >= 0.3 is 6.03 Å². The third-order valence-corrected chi connectivity index (χ3v) is 3.46. The van der Waals surface area contributed by atoms with Crippen LogP contribution in [0, 0.1) is 5.92 Å². The molecule has 0 fully saturated rings. The molecule has 0 atom stereocenters. The van der Waals surface area contributed by atoms with E-state index in [9.17, 15) is 4.79 Å². The van der Waals surface area contributed by atoms with Crippen LogP contribution in [0.2, 0.25) is 0 Å². The molecule has 0 aliphatic carbocycles. The summed E-state index contributed by atoms with van der Waals surface area (Å²) in [4.78, 5) is 11.9. The van der Waals surface area contributed by atoms with Crippen LogP contribution in [-0.2, 0) is 6.42 Å². The summed E-state index contributed by atoms with van der Waals surface area (Å²) in [6, 6.07) is 6.79. The Morgan fingerprint density at radius 3 is 2.86 bits per heavy atom. The van der Waals surface area contributed by atoms with Crippen molar-refractivity contribution in [1.29, 1.82) is 0 Å². The molecule has 1 heterocycles. The van der Waals surface area contributed by atoms with Gasteiger partial charge in [0, 0.05) is 18.2 Å². The molecular formula is C14H18N4O2S. The van der Waals surface area contributed by atoms with Crippen LogP contribution in [0.15, 0.2) is 24.3 Å². The first kappa shape index (κ1) is 15.2.